The number of aromatic hydroxyl groups is 1. The van der Waals surface area contributed by atoms with E-state index < -0.39 is 92.6 Å². The molecule has 5 amide bonds. The molecule has 0 bridgehead atoms. The first kappa shape index (κ1) is 62.6. The first-order valence-corrected chi connectivity index (χ1v) is 28.2. The highest BCUT2D eigenvalue weighted by Gasteiger charge is 2.47. The van der Waals surface area contributed by atoms with Crippen LogP contribution in [0, 0.1) is 11.5 Å². The predicted molar refractivity (Wildman–Crippen MR) is 303 cm³/mol. The number of amides is 5. The summed E-state index contributed by atoms with van der Waals surface area (Å²) in [5.41, 5.74) is 11.8. The minimum absolute atomic E-state index is 0.0106. The van der Waals surface area contributed by atoms with Crippen LogP contribution in [0.1, 0.15) is 50.3 Å². The fraction of sp³-hybridized carbons (Fsp3) is 0.350. The molecule has 0 radical (unpaired) electrons. The molecule has 0 heterocycles. The number of phenolic OH excluding ortho intramolecular Hbond substituents is 1. The van der Waals surface area contributed by atoms with E-state index in [-0.39, 0.29) is 69.6 Å². The van der Waals surface area contributed by atoms with Crippen molar-refractivity contribution in [3.63, 3.8) is 0 Å². The molecule has 5 rings (SSSR count). The van der Waals surface area contributed by atoms with Crippen LogP contribution in [-0.4, -0.2) is 141 Å². The second-order valence-corrected chi connectivity index (χ2v) is 24.3. The molecule has 0 spiro atoms. The van der Waals surface area contributed by atoms with Gasteiger partial charge >= 0.3 is 11.9 Å². The van der Waals surface area contributed by atoms with Crippen LogP contribution in [0.2, 0.25) is 5.04 Å². The fourth-order valence-corrected chi connectivity index (χ4v) is 13.3. The molecular weight excluding hydrogens is 1040 g/mol. The van der Waals surface area contributed by atoms with Crippen molar-refractivity contribution in [2.24, 2.45) is 5.73 Å². The molecule has 0 saturated carbocycles. The van der Waals surface area contributed by atoms with E-state index in [0.29, 0.717) is 17.7 Å². The maximum Gasteiger partial charge on any atom is 0.305 e. The molecule has 0 aliphatic rings. The van der Waals surface area contributed by atoms with Gasteiger partial charge < -0.3 is 61.8 Å². The predicted octanol–water partition coefficient (Wildman–Crippen LogP) is 2.41. The zero-order chi connectivity index (χ0) is 57.9. The number of rotatable bonds is 31. The van der Waals surface area contributed by atoms with Gasteiger partial charge in [-0.2, -0.15) is 0 Å². The lowest BCUT2D eigenvalue weighted by molar-refractivity contribution is -0.143. The number of nitrogens with one attached hydrogen (secondary N) is 5. The molecule has 20 heteroatoms. The zero-order valence-corrected chi connectivity index (χ0v) is 46.2. The summed E-state index contributed by atoms with van der Waals surface area (Å²) >= 11 is 0. The summed E-state index contributed by atoms with van der Waals surface area (Å²) in [6.45, 7) is 7.73. The zero-order valence-electron chi connectivity index (χ0n) is 45.2. The van der Waals surface area contributed by atoms with E-state index in [1.165, 1.54) is 22.5 Å². The first-order chi connectivity index (χ1) is 38.4. The number of hydrogen-bond acceptors (Lipinski definition) is 12. The third-order valence-corrected chi connectivity index (χ3v) is 18.1. The number of ether oxygens (including phenoxy) is 3. The van der Waals surface area contributed by atoms with Crippen LogP contribution in [0.25, 0.3) is 0 Å². The average molecular weight is 1110 g/mol. The number of benzene rings is 5. The molecule has 0 aromatic heterocycles. The van der Waals surface area contributed by atoms with Crippen molar-refractivity contribution in [2.75, 3.05) is 46.2 Å². The number of aliphatic carboxylic acids is 2. The Morgan fingerprint density at radius 2 is 0.887 bits per heavy atom. The topological polar surface area (TPSA) is 294 Å². The minimum atomic E-state index is -2.55. The third-order valence-electron chi connectivity index (χ3n) is 12.9. The Balaban J connectivity index is 1.13. The average Bonchev–Trinajstić information content (AvgIpc) is 3.50. The first-order valence-electron chi connectivity index (χ1n) is 26.2. The second kappa shape index (κ2) is 32.0. The van der Waals surface area contributed by atoms with E-state index in [4.69, 9.17) is 19.9 Å². The van der Waals surface area contributed by atoms with Crippen molar-refractivity contribution >= 4 is 59.9 Å². The number of phenols is 1. The summed E-state index contributed by atoms with van der Waals surface area (Å²) in [7, 11) is -2.55. The van der Waals surface area contributed by atoms with Gasteiger partial charge in [-0.25, -0.2) is 0 Å². The summed E-state index contributed by atoms with van der Waals surface area (Å²) in [5, 5.41) is 44.1. The van der Waals surface area contributed by atoms with Crippen molar-refractivity contribution in [3.8, 4) is 17.2 Å². The van der Waals surface area contributed by atoms with Crippen LogP contribution in [0.15, 0.2) is 146 Å². The Morgan fingerprint density at radius 1 is 0.500 bits per heavy atom. The Morgan fingerprint density at radius 3 is 1.36 bits per heavy atom. The molecule has 5 aromatic carbocycles. The van der Waals surface area contributed by atoms with Gasteiger partial charge in [-0.3, -0.25) is 33.6 Å². The van der Waals surface area contributed by atoms with E-state index in [0.717, 1.165) is 5.56 Å². The SMILES string of the molecule is CC(C)(C)[Si](C#CCOCCOCCOCCNC(=O)[C@H](CC(=O)O)NC(=O)[C@H](CC(=O)O)NC(=O)[C@H](Cc1ccccc1)NC(=O)[C@H](Cc1ccc(O)cc1)NC(=O)[C@@H](N)Cc1ccccc1)(c1ccccc1)c1ccccc1. The number of carbonyl (C=O) groups excluding carboxylic acids is 5. The van der Waals surface area contributed by atoms with Crippen LogP contribution >= 0.6 is 0 Å². The maximum atomic E-state index is 14.2. The highest BCUT2D eigenvalue weighted by molar-refractivity contribution is 7.10. The van der Waals surface area contributed by atoms with Crippen molar-refractivity contribution < 1.29 is 63.1 Å². The lowest BCUT2D eigenvalue weighted by atomic mass is 10.0. The van der Waals surface area contributed by atoms with Gasteiger partial charge in [0, 0.05) is 19.4 Å². The molecule has 0 aliphatic heterocycles. The Bertz CT molecular complexity index is 2810. The Kier molecular flexibility index (Phi) is 25.1. The van der Waals surface area contributed by atoms with Crippen LogP contribution in [0.5, 0.6) is 5.75 Å². The summed E-state index contributed by atoms with van der Waals surface area (Å²) < 4.78 is 17.0. The third kappa shape index (κ3) is 20.2. The molecule has 0 unspecified atom stereocenters. The summed E-state index contributed by atoms with van der Waals surface area (Å²) in [6.07, 6.45) is -2.02. The molecular formula is C60H72N6O13Si. The normalized spacial score (nSPS) is 13.2. The van der Waals surface area contributed by atoms with Gasteiger partial charge in [0.1, 0.15) is 36.5 Å². The largest absolute Gasteiger partial charge is 0.508 e. The maximum absolute atomic E-state index is 14.2. The standard InChI is InChI=1S/C60H72N6O13Si/c1-60(2,3)80(46-21-12-6-13-22-46,47-23-14-7-15-24-47)36-16-30-77-32-34-79-35-33-78-31-29-62-56(73)51(40-53(68)69)65-59(76)52(41-54(70)71)66-58(75)50(38-43-19-10-5-11-20-43)64-57(74)49(39-44-25-27-45(67)28-26-44)63-55(72)48(61)37-42-17-8-4-9-18-42/h4-15,17-28,48-52,67H,29-35,37-41,61H2,1-3H3,(H,62,73)(H,63,72)(H,64,74)(H,65,76)(H,66,75)(H,68,69)(H,70,71)/t48-,49-,50-,51-,52-/m0/s1. The molecule has 5 atom stereocenters. The van der Waals surface area contributed by atoms with E-state index in [1.807, 2.05) is 42.5 Å². The van der Waals surface area contributed by atoms with E-state index in [1.54, 1.807) is 66.7 Å². The lowest BCUT2D eigenvalue weighted by Gasteiger charge is -2.39. The van der Waals surface area contributed by atoms with E-state index in [9.17, 15) is 48.9 Å². The van der Waals surface area contributed by atoms with Crippen molar-refractivity contribution in [1.29, 1.82) is 0 Å². The molecule has 0 fully saturated rings. The molecule has 424 valence electrons. The second-order valence-electron chi connectivity index (χ2n) is 19.9. The fourth-order valence-electron chi connectivity index (χ4n) is 8.80. The Labute approximate surface area is 467 Å². The van der Waals surface area contributed by atoms with Crippen LogP contribution < -0.4 is 42.7 Å². The molecule has 5 aromatic rings. The molecule has 19 nitrogen and oxygen atoms in total. The monoisotopic (exact) mass is 1110 g/mol. The van der Waals surface area contributed by atoms with Crippen molar-refractivity contribution in [3.05, 3.63) is 162 Å². The molecule has 0 aliphatic carbocycles. The van der Waals surface area contributed by atoms with E-state index >= 15 is 0 Å². The minimum Gasteiger partial charge on any atom is -0.508 e. The van der Waals surface area contributed by atoms with Gasteiger partial charge in [-0.15, -0.1) is 5.54 Å². The van der Waals surface area contributed by atoms with Gasteiger partial charge in [-0.05, 0) is 50.7 Å². The summed E-state index contributed by atoms with van der Waals surface area (Å²) in [6, 6.07) is 36.7. The number of carboxylic acids is 2. The highest BCUT2D eigenvalue weighted by atomic mass is 28.3. The lowest BCUT2D eigenvalue weighted by Crippen LogP contribution is -2.63. The molecule has 10 N–H and O–H groups in total. The summed E-state index contributed by atoms with van der Waals surface area (Å²) in [5.74, 6) is -4.36. The van der Waals surface area contributed by atoms with E-state index in [2.05, 4.69) is 83.1 Å². The highest BCUT2D eigenvalue weighted by Crippen LogP contribution is 2.35. The van der Waals surface area contributed by atoms with Gasteiger partial charge in [0.05, 0.1) is 51.9 Å². The number of carbonyl (C=O) groups is 7. The van der Waals surface area contributed by atoms with Gasteiger partial charge in [0.25, 0.3) is 0 Å². The van der Waals surface area contributed by atoms with Gasteiger partial charge in [-0.1, -0.05) is 160 Å². The van der Waals surface area contributed by atoms with Gasteiger partial charge in [0.2, 0.25) is 37.6 Å². The van der Waals surface area contributed by atoms with Crippen LogP contribution in [0.3, 0.4) is 0 Å². The van der Waals surface area contributed by atoms with Crippen molar-refractivity contribution in [2.45, 2.75) is 88.1 Å². The number of hydrogen-bond donors (Lipinski definition) is 9. The smallest absolute Gasteiger partial charge is 0.305 e. The summed E-state index contributed by atoms with van der Waals surface area (Å²) in [4.78, 5) is 92.8. The van der Waals surface area contributed by atoms with Crippen molar-refractivity contribution in [1.82, 2.24) is 26.6 Å². The quantitative estimate of drug-likeness (QED) is 0.0175. The Hall–Kier alpha value is -8.19. The number of carboxylic acid groups (broad SMARTS) is 2. The van der Waals surface area contributed by atoms with Crippen LogP contribution in [-0.2, 0) is 67.0 Å². The molecule has 80 heavy (non-hydrogen) atoms. The molecule has 0 saturated heterocycles. The number of nitrogens with two attached hydrogens (primary N) is 1. The van der Waals surface area contributed by atoms with Gasteiger partial charge in [0.15, 0.2) is 0 Å². The van der Waals surface area contributed by atoms with Crippen LogP contribution in [0.4, 0.5) is 0 Å².